The summed E-state index contributed by atoms with van der Waals surface area (Å²) in [7, 11) is 3.95. The number of hydrogen-bond donors (Lipinski definition) is 0. The van der Waals surface area contributed by atoms with E-state index in [1.165, 1.54) is 5.56 Å². The van der Waals surface area contributed by atoms with Gasteiger partial charge in [-0.2, -0.15) is 0 Å². The lowest BCUT2D eigenvalue weighted by molar-refractivity contribution is 0.581. The fraction of sp³-hybridized carbons (Fsp3) is 0.462. The molecule has 1 rings (SSSR count). The Morgan fingerprint density at radius 2 is 1.87 bits per heavy atom. The first-order valence-electron chi connectivity index (χ1n) is 5.15. The first-order valence-corrected chi connectivity index (χ1v) is 5.15. The van der Waals surface area contributed by atoms with Gasteiger partial charge < -0.3 is 4.90 Å². The number of pyridine rings is 1. The van der Waals surface area contributed by atoms with Crippen molar-refractivity contribution in [2.45, 2.75) is 26.2 Å². The van der Waals surface area contributed by atoms with Crippen molar-refractivity contribution in [1.82, 2.24) is 9.88 Å². The summed E-state index contributed by atoms with van der Waals surface area (Å²) >= 11 is 0. The Bertz CT molecular complexity index is 342. The van der Waals surface area contributed by atoms with E-state index in [-0.39, 0.29) is 5.41 Å². The molecule has 0 saturated carbocycles. The van der Waals surface area contributed by atoms with Crippen LogP contribution in [0.2, 0.25) is 0 Å². The number of rotatable bonds is 2. The molecule has 1 heterocycles. The average Bonchev–Trinajstić information content (AvgIpc) is 2.15. The van der Waals surface area contributed by atoms with Gasteiger partial charge in [-0.15, -0.1) is 0 Å². The van der Waals surface area contributed by atoms with Crippen molar-refractivity contribution in [3.63, 3.8) is 0 Å². The monoisotopic (exact) mass is 204 g/mol. The molecule has 2 nitrogen and oxygen atoms in total. The molecule has 0 amide bonds. The maximum atomic E-state index is 4.43. The molecule has 0 fully saturated rings. The van der Waals surface area contributed by atoms with E-state index in [4.69, 9.17) is 0 Å². The van der Waals surface area contributed by atoms with Gasteiger partial charge in [0.05, 0.1) is 11.4 Å². The quantitative estimate of drug-likeness (QED) is 0.736. The van der Waals surface area contributed by atoms with Gasteiger partial charge in [0, 0.05) is 20.3 Å². The third-order valence-corrected chi connectivity index (χ3v) is 2.47. The second-order valence-corrected chi connectivity index (χ2v) is 5.02. The Hall–Kier alpha value is -1.31. The first-order chi connectivity index (χ1) is 6.82. The lowest BCUT2D eigenvalue weighted by atomic mass is 9.88. The summed E-state index contributed by atoms with van der Waals surface area (Å²) in [6.07, 6.45) is 1.93. The molecule has 0 spiro atoms. The number of nitrogens with zero attached hydrogens (tertiary/aromatic N) is 2. The van der Waals surface area contributed by atoms with Crippen molar-refractivity contribution in [1.29, 1.82) is 0 Å². The van der Waals surface area contributed by atoms with Crippen LogP contribution in [0.25, 0.3) is 5.70 Å². The highest BCUT2D eigenvalue weighted by Crippen LogP contribution is 2.22. The van der Waals surface area contributed by atoms with E-state index in [1.54, 1.807) is 0 Å². The van der Waals surface area contributed by atoms with Gasteiger partial charge in [-0.05, 0) is 17.0 Å². The van der Waals surface area contributed by atoms with Crippen molar-refractivity contribution in [2.24, 2.45) is 0 Å². The van der Waals surface area contributed by atoms with E-state index >= 15 is 0 Å². The Labute approximate surface area is 92.6 Å². The zero-order chi connectivity index (χ0) is 11.6. The molecule has 1 aromatic heterocycles. The molecule has 2 heteroatoms. The summed E-state index contributed by atoms with van der Waals surface area (Å²) in [6.45, 7) is 10.5. The van der Waals surface area contributed by atoms with Gasteiger partial charge >= 0.3 is 0 Å². The van der Waals surface area contributed by atoms with Gasteiger partial charge in [-0.25, -0.2) is 0 Å². The van der Waals surface area contributed by atoms with Crippen molar-refractivity contribution < 1.29 is 0 Å². The van der Waals surface area contributed by atoms with E-state index in [0.29, 0.717) is 0 Å². The predicted octanol–water partition coefficient (Wildman–Crippen LogP) is 2.91. The molecule has 15 heavy (non-hydrogen) atoms. The highest BCUT2D eigenvalue weighted by atomic mass is 15.1. The largest absolute Gasteiger partial charge is 0.376 e. The summed E-state index contributed by atoms with van der Waals surface area (Å²) in [5.41, 5.74) is 3.28. The molecule has 0 radical (unpaired) electrons. The summed E-state index contributed by atoms with van der Waals surface area (Å²) in [6, 6.07) is 4.15. The minimum absolute atomic E-state index is 0.158. The summed E-state index contributed by atoms with van der Waals surface area (Å²) in [4.78, 5) is 6.40. The van der Waals surface area contributed by atoms with Crippen LogP contribution in [0.15, 0.2) is 24.9 Å². The van der Waals surface area contributed by atoms with Gasteiger partial charge in [0.25, 0.3) is 0 Å². The zero-order valence-corrected chi connectivity index (χ0v) is 10.3. The standard InChI is InChI=1S/C13H20N2/c1-10(15(5)6)12-8-7-11(9-14-12)13(2,3)4/h7-9H,1H2,2-6H3. The van der Waals surface area contributed by atoms with Gasteiger partial charge in [-0.3, -0.25) is 4.98 Å². The van der Waals surface area contributed by atoms with Crippen LogP contribution >= 0.6 is 0 Å². The lowest BCUT2D eigenvalue weighted by Gasteiger charge is -2.20. The van der Waals surface area contributed by atoms with E-state index in [9.17, 15) is 0 Å². The first kappa shape index (κ1) is 11.8. The third-order valence-electron chi connectivity index (χ3n) is 2.47. The van der Waals surface area contributed by atoms with Crippen LogP contribution in [0.1, 0.15) is 32.0 Å². The Balaban J connectivity index is 2.96. The Kier molecular flexibility index (Phi) is 3.18. The number of hydrogen-bond acceptors (Lipinski definition) is 2. The second kappa shape index (κ2) is 4.05. The van der Waals surface area contributed by atoms with Crippen LogP contribution in [0, 0.1) is 0 Å². The normalized spacial score (nSPS) is 11.3. The molecule has 0 unspecified atom stereocenters. The molecule has 0 bridgehead atoms. The van der Waals surface area contributed by atoms with Crippen LogP contribution in [-0.2, 0) is 5.41 Å². The van der Waals surface area contributed by atoms with E-state index in [2.05, 4.69) is 38.4 Å². The fourth-order valence-electron chi connectivity index (χ4n) is 1.24. The fourth-order valence-corrected chi connectivity index (χ4v) is 1.24. The van der Waals surface area contributed by atoms with Crippen LogP contribution in [0.4, 0.5) is 0 Å². The summed E-state index contributed by atoms with van der Waals surface area (Å²) in [5.74, 6) is 0. The van der Waals surface area contributed by atoms with E-state index < -0.39 is 0 Å². The number of aromatic nitrogens is 1. The van der Waals surface area contributed by atoms with Gasteiger partial charge in [0.15, 0.2) is 0 Å². The Morgan fingerprint density at radius 3 is 2.20 bits per heavy atom. The smallest absolute Gasteiger partial charge is 0.0856 e. The topological polar surface area (TPSA) is 16.1 Å². The van der Waals surface area contributed by atoms with E-state index in [1.807, 2.05) is 31.3 Å². The molecule has 0 aliphatic carbocycles. The lowest BCUT2D eigenvalue weighted by Crippen LogP contribution is -2.13. The van der Waals surface area contributed by atoms with Crippen molar-refractivity contribution in [2.75, 3.05) is 14.1 Å². The Morgan fingerprint density at radius 1 is 1.27 bits per heavy atom. The minimum atomic E-state index is 0.158. The second-order valence-electron chi connectivity index (χ2n) is 5.02. The SMILES string of the molecule is C=C(c1ccc(C(C)(C)C)cn1)N(C)C. The van der Waals surface area contributed by atoms with E-state index in [0.717, 1.165) is 11.4 Å². The minimum Gasteiger partial charge on any atom is -0.376 e. The molecule has 0 aromatic carbocycles. The zero-order valence-electron chi connectivity index (χ0n) is 10.3. The maximum Gasteiger partial charge on any atom is 0.0856 e. The molecule has 0 aliphatic heterocycles. The molecular formula is C13H20N2. The van der Waals surface area contributed by atoms with Crippen LogP contribution in [0.5, 0.6) is 0 Å². The predicted molar refractivity (Wildman–Crippen MR) is 65.7 cm³/mol. The molecule has 0 aliphatic rings. The highest BCUT2D eigenvalue weighted by Gasteiger charge is 2.14. The average molecular weight is 204 g/mol. The van der Waals surface area contributed by atoms with Crippen molar-refractivity contribution in [3.05, 3.63) is 36.2 Å². The van der Waals surface area contributed by atoms with Crippen molar-refractivity contribution >= 4 is 5.70 Å². The third kappa shape index (κ3) is 2.82. The van der Waals surface area contributed by atoms with Gasteiger partial charge in [0.1, 0.15) is 0 Å². The van der Waals surface area contributed by atoms with Crippen LogP contribution in [-0.4, -0.2) is 24.0 Å². The molecule has 82 valence electrons. The van der Waals surface area contributed by atoms with Crippen molar-refractivity contribution in [3.8, 4) is 0 Å². The molecule has 1 aromatic rings. The molecule has 0 atom stereocenters. The summed E-state index contributed by atoms with van der Waals surface area (Å²) < 4.78 is 0. The summed E-state index contributed by atoms with van der Waals surface area (Å²) in [5, 5.41) is 0. The molecule has 0 N–H and O–H groups in total. The highest BCUT2D eigenvalue weighted by molar-refractivity contribution is 5.57. The van der Waals surface area contributed by atoms with Gasteiger partial charge in [0.2, 0.25) is 0 Å². The van der Waals surface area contributed by atoms with Crippen LogP contribution < -0.4 is 0 Å². The molecule has 0 saturated heterocycles. The molecular weight excluding hydrogens is 184 g/mol. The van der Waals surface area contributed by atoms with Crippen LogP contribution in [0.3, 0.4) is 0 Å². The van der Waals surface area contributed by atoms with Gasteiger partial charge in [-0.1, -0.05) is 33.4 Å². The maximum absolute atomic E-state index is 4.43.